The van der Waals surface area contributed by atoms with Gasteiger partial charge in [0.25, 0.3) is 5.91 Å². The van der Waals surface area contributed by atoms with Gasteiger partial charge in [0, 0.05) is 30.9 Å². The Balaban J connectivity index is 2.81. The van der Waals surface area contributed by atoms with Crippen molar-refractivity contribution in [2.75, 3.05) is 19.0 Å². The van der Waals surface area contributed by atoms with Crippen molar-refractivity contribution in [2.24, 2.45) is 5.73 Å². The number of anilines is 1. The quantitative estimate of drug-likeness (QED) is 0.803. The second-order valence-electron chi connectivity index (χ2n) is 4.13. The van der Waals surface area contributed by atoms with Crippen LogP contribution in [0.3, 0.4) is 0 Å². The predicted molar refractivity (Wildman–Crippen MR) is 65.9 cm³/mol. The van der Waals surface area contributed by atoms with Gasteiger partial charge in [0.15, 0.2) is 0 Å². The van der Waals surface area contributed by atoms with Crippen LogP contribution in [0.1, 0.15) is 16.1 Å². The number of fused-ring (bicyclic) bond motifs is 1. The van der Waals surface area contributed by atoms with E-state index in [1.807, 2.05) is 38.1 Å². The molecule has 1 heterocycles. The van der Waals surface area contributed by atoms with E-state index in [2.05, 4.69) is 4.98 Å². The van der Waals surface area contributed by atoms with Gasteiger partial charge in [-0.15, -0.1) is 0 Å². The van der Waals surface area contributed by atoms with Crippen LogP contribution in [-0.4, -0.2) is 25.0 Å². The van der Waals surface area contributed by atoms with Crippen LogP contribution in [0.5, 0.6) is 0 Å². The number of primary amides is 1. The Morgan fingerprint density at radius 3 is 2.62 bits per heavy atom. The van der Waals surface area contributed by atoms with Crippen molar-refractivity contribution in [3.63, 3.8) is 0 Å². The predicted octanol–water partition coefficient (Wildman–Crippen LogP) is 1.64. The Morgan fingerprint density at radius 2 is 2.06 bits per heavy atom. The number of H-pyrrole nitrogens is 1. The largest absolute Gasteiger partial charge is 0.377 e. The van der Waals surface area contributed by atoms with Crippen LogP contribution in [0.2, 0.25) is 0 Å². The van der Waals surface area contributed by atoms with Gasteiger partial charge in [0.05, 0.1) is 11.1 Å². The molecule has 4 heteroatoms. The Kier molecular flexibility index (Phi) is 2.34. The van der Waals surface area contributed by atoms with E-state index in [0.717, 1.165) is 22.3 Å². The summed E-state index contributed by atoms with van der Waals surface area (Å²) in [7, 11) is 3.95. The lowest BCUT2D eigenvalue weighted by Crippen LogP contribution is -2.13. The van der Waals surface area contributed by atoms with Crippen LogP contribution in [0.15, 0.2) is 18.2 Å². The monoisotopic (exact) mass is 217 g/mol. The molecule has 1 aromatic heterocycles. The fourth-order valence-electron chi connectivity index (χ4n) is 1.93. The van der Waals surface area contributed by atoms with E-state index in [-0.39, 0.29) is 0 Å². The van der Waals surface area contributed by atoms with Crippen LogP contribution < -0.4 is 10.6 Å². The Hall–Kier alpha value is -1.97. The lowest BCUT2D eigenvalue weighted by Gasteiger charge is -2.14. The highest BCUT2D eigenvalue weighted by atomic mass is 16.1. The van der Waals surface area contributed by atoms with E-state index in [4.69, 9.17) is 5.73 Å². The maximum atomic E-state index is 11.3. The number of nitrogens with one attached hydrogen (secondary N) is 1. The van der Waals surface area contributed by atoms with Crippen molar-refractivity contribution in [3.8, 4) is 0 Å². The molecule has 0 atom stereocenters. The molecule has 0 spiro atoms. The zero-order chi connectivity index (χ0) is 11.9. The first-order valence-corrected chi connectivity index (χ1v) is 5.10. The molecule has 0 saturated carbocycles. The first kappa shape index (κ1) is 10.5. The molecule has 0 aliphatic carbocycles. The molecule has 3 N–H and O–H groups in total. The van der Waals surface area contributed by atoms with E-state index in [0.29, 0.717) is 5.56 Å². The van der Waals surface area contributed by atoms with E-state index in [1.54, 1.807) is 6.07 Å². The molecule has 2 rings (SSSR count). The molecule has 84 valence electrons. The van der Waals surface area contributed by atoms with Gasteiger partial charge in [-0.3, -0.25) is 4.79 Å². The van der Waals surface area contributed by atoms with Crippen molar-refractivity contribution in [2.45, 2.75) is 6.92 Å². The van der Waals surface area contributed by atoms with E-state index >= 15 is 0 Å². The summed E-state index contributed by atoms with van der Waals surface area (Å²) in [4.78, 5) is 16.5. The van der Waals surface area contributed by atoms with Gasteiger partial charge in [-0.05, 0) is 25.1 Å². The fourth-order valence-corrected chi connectivity index (χ4v) is 1.93. The standard InChI is InChI=1S/C12H15N3O/c1-7-6-9-10(15(2)3)5-4-8(12(13)16)11(9)14-7/h4-6,14H,1-3H3,(H2,13,16). The van der Waals surface area contributed by atoms with Gasteiger partial charge < -0.3 is 15.6 Å². The highest BCUT2D eigenvalue weighted by Crippen LogP contribution is 2.28. The summed E-state index contributed by atoms with van der Waals surface area (Å²) in [5.74, 6) is -0.405. The average Bonchev–Trinajstić information content (AvgIpc) is 2.56. The van der Waals surface area contributed by atoms with E-state index in [1.165, 1.54) is 0 Å². The third-order valence-corrected chi connectivity index (χ3v) is 2.65. The molecule has 1 amide bonds. The number of aromatic amines is 1. The van der Waals surface area contributed by atoms with Crippen LogP contribution in [0, 0.1) is 6.92 Å². The van der Waals surface area contributed by atoms with Crippen molar-refractivity contribution in [3.05, 3.63) is 29.5 Å². The second kappa shape index (κ2) is 3.56. The van der Waals surface area contributed by atoms with Crippen LogP contribution >= 0.6 is 0 Å². The highest BCUT2D eigenvalue weighted by molar-refractivity contribution is 6.08. The molecule has 1 aromatic carbocycles. The molecule has 0 aliphatic heterocycles. The molecular formula is C12H15N3O. The van der Waals surface area contributed by atoms with Gasteiger partial charge in [0.1, 0.15) is 0 Å². The number of carbonyl (C=O) groups excluding carboxylic acids is 1. The molecule has 0 radical (unpaired) electrons. The number of aryl methyl sites for hydroxylation is 1. The van der Waals surface area contributed by atoms with E-state index < -0.39 is 5.91 Å². The lowest BCUT2D eigenvalue weighted by atomic mass is 10.1. The number of rotatable bonds is 2. The maximum absolute atomic E-state index is 11.3. The minimum atomic E-state index is -0.405. The van der Waals surface area contributed by atoms with Gasteiger partial charge in [0.2, 0.25) is 0 Å². The fraction of sp³-hybridized carbons (Fsp3) is 0.250. The highest BCUT2D eigenvalue weighted by Gasteiger charge is 2.12. The first-order valence-electron chi connectivity index (χ1n) is 5.10. The van der Waals surface area contributed by atoms with Gasteiger partial charge in [-0.25, -0.2) is 0 Å². The topological polar surface area (TPSA) is 62.1 Å². The summed E-state index contributed by atoms with van der Waals surface area (Å²) < 4.78 is 0. The minimum absolute atomic E-state index is 0.405. The number of aromatic nitrogens is 1. The Morgan fingerprint density at radius 1 is 1.38 bits per heavy atom. The zero-order valence-electron chi connectivity index (χ0n) is 9.66. The lowest BCUT2D eigenvalue weighted by molar-refractivity contribution is 0.100. The summed E-state index contributed by atoms with van der Waals surface area (Å²) in [5.41, 5.74) is 8.79. The number of carbonyl (C=O) groups is 1. The third kappa shape index (κ3) is 1.52. The van der Waals surface area contributed by atoms with Crippen molar-refractivity contribution in [1.29, 1.82) is 0 Å². The normalized spacial score (nSPS) is 10.7. The van der Waals surface area contributed by atoms with Crippen molar-refractivity contribution in [1.82, 2.24) is 4.98 Å². The second-order valence-corrected chi connectivity index (χ2v) is 4.13. The summed E-state index contributed by atoms with van der Waals surface area (Å²) in [6, 6.07) is 5.70. The molecule has 16 heavy (non-hydrogen) atoms. The van der Waals surface area contributed by atoms with Crippen LogP contribution in [-0.2, 0) is 0 Å². The number of amides is 1. The number of benzene rings is 1. The maximum Gasteiger partial charge on any atom is 0.250 e. The van der Waals surface area contributed by atoms with Gasteiger partial charge >= 0.3 is 0 Å². The molecule has 0 fully saturated rings. The summed E-state index contributed by atoms with van der Waals surface area (Å²) >= 11 is 0. The van der Waals surface area contributed by atoms with Gasteiger partial charge in [-0.1, -0.05) is 0 Å². The molecule has 0 unspecified atom stereocenters. The molecule has 0 bridgehead atoms. The zero-order valence-corrected chi connectivity index (χ0v) is 9.66. The van der Waals surface area contributed by atoms with E-state index in [9.17, 15) is 4.79 Å². The summed E-state index contributed by atoms with van der Waals surface area (Å²) in [6.07, 6.45) is 0. The molecule has 4 nitrogen and oxygen atoms in total. The smallest absolute Gasteiger partial charge is 0.250 e. The number of hydrogen-bond acceptors (Lipinski definition) is 2. The molecule has 0 saturated heterocycles. The minimum Gasteiger partial charge on any atom is -0.377 e. The van der Waals surface area contributed by atoms with Gasteiger partial charge in [-0.2, -0.15) is 0 Å². The third-order valence-electron chi connectivity index (χ3n) is 2.65. The number of nitrogens with two attached hydrogens (primary N) is 1. The molecular weight excluding hydrogens is 202 g/mol. The Bertz CT molecular complexity index is 555. The SMILES string of the molecule is Cc1cc2c(N(C)C)ccc(C(N)=O)c2[nH]1. The number of hydrogen-bond donors (Lipinski definition) is 2. The molecule has 0 aliphatic rings. The first-order chi connectivity index (χ1) is 7.50. The summed E-state index contributed by atoms with van der Waals surface area (Å²) in [6.45, 7) is 1.96. The van der Waals surface area contributed by atoms with Crippen LogP contribution in [0.25, 0.3) is 10.9 Å². The molecule has 2 aromatic rings. The average molecular weight is 217 g/mol. The summed E-state index contributed by atoms with van der Waals surface area (Å²) in [5, 5.41) is 1.03. The van der Waals surface area contributed by atoms with Crippen LogP contribution in [0.4, 0.5) is 5.69 Å². The Labute approximate surface area is 94.0 Å². The van der Waals surface area contributed by atoms with Crippen molar-refractivity contribution < 1.29 is 4.79 Å². The van der Waals surface area contributed by atoms with Crippen molar-refractivity contribution >= 4 is 22.5 Å². The number of nitrogens with zero attached hydrogens (tertiary/aromatic N) is 1.